The van der Waals surface area contributed by atoms with E-state index in [9.17, 15) is 13.5 Å². The van der Waals surface area contributed by atoms with Crippen LogP contribution in [0, 0.1) is 11.8 Å². The van der Waals surface area contributed by atoms with E-state index in [1.165, 1.54) is 4.31 Å². The van der Waals surface area contributed by atoms with Crippen LogP contribution in [0.3, 0.4) is 0 Å². The van der Waals surface area contributed by atoms with Crippen molar-refractivity contribution in [2.75, 3.05) is 53.6 Å². The van der Waals surface area contributed by atoms with Crippen LogP contribution in [0.15, 0.2) is 47.4 Å². The number of para-hydroxylation sites is 1. The molecule has 0 aromatic heterocycles. The molecule has 1 saturated heterocycles. The monoisotopic (exact) mass is 532 g/mol. The number of rotatable bonds is 8. The van der Waals surface area contributed by atoms with Gasteiger partial charge in [-0.3, -0.25) is 0 Å². The first kappa shape index (κ1) is 27.9. The van der Waals surface area contributed by atoms with Gasteiger partial charge in [-0.2, -0.15) is 4.31 Å². The minimum Gasteiger partial charge on any atom is -0.496 e. The molecule has 2 heterocycles. The third-order valence-corrected chi connectivity index (χ3v) is 9.51. The van der Waals surface area contributed by atoms with Crippen LogP contribution in [0.25, 0.3) is 11.1 Å². The van der Waals surface area contributed by atoms with E-state index in [2.05, 4.69) is 11.9 Å². The highest BCUT2D eigenvalue weighted by Crippen LogP contribution is 2.38. The molecule has 1 N–H and O–H groups in total. The van der Waals surface area contributed by atoms with Crippen LogP contribution in [0.5, 0.6) is 11.5 Å². The van der Waals surface area contributed by atoms with E-state index < -0.39 is 16.1 Å². The molecule has 2 aliphatic rings. The fraction of sp³-hybridized carbons (Fsp3) is 0.571. The van der Waals surface area contributed by atoms with Crippen LogP contribution in [0.1, 0.15) is 26.7 Å². The quantitative estimate of drug-likeness (QED) is 0.557. The van der Waals surface area contributed by atoms with Gasteiger partial charge in [-0.05, 0) is 56.5 Å². The van der Waals surface area contributed by atoms with Gasteiger partial charge in [-0.25, -0.2) is 8.42 Å². The van der Waals surface area contributed by atoms with Gasteiger partial charge < -0.3 is 24.2 Å². The maximum Gasteiger partial charge on any atom is 0.247 e. The number of hydrogen-bond donors (Lipinski definition) is 1. The zero-order valence-corrected chi connectivity index (χ0v) is 23.1. The van der Waals surface area contributed by atoms with Gasteiger partial charge in [-0.15, -0.1) is 0 Å². The number of hydrogen-bond acceptors (Lipinski definition) is 7. The Bertz CT molecular complexity index is 1150. The normalized spacial score (nSPS) is 23.5. The average molecular weight is 533 g/mol. The van der Waals surface area contributed by atoms with Gasteiger partial charge in [0.1, 0.15) is 22.5 Å². The summed E-state index contributed by atoms with van der Waals surface area (Å²) >= 11 is 0. The fourth-order valence-corrected chi connectivity index (χ4v) is 7.07. The number of fused-ring (bicyclic) bond motifs is 1. The first-order valence-corrected chi connectivity index (χ1v) is 14.5. The Kier molecular flexibility index (Phi) is 9.13. The van der Waals surface area contributed by atoms with E-state index in [-0.39, 0.29) is 30.1 Å². The summed E-state index contributed by atoms with van der Waals surface area (Å²) in [6.45, 7) is 7.00. The van der Waals surface area contributed by atoms with Crippen molar-refractivity contribution in [2.45, 2.75) is 43.7 Å². The van der Waals surface area contributed by atoms with E-state index in [0.29, 0.717) is 24.0 Å². The highest BCUT2D eigenvalue weighted by molar-refractivity contribution is 7.89. The van der Waals surface area contributed by atoms with Crippen LogP contribution >= 0.6 is 0 Å². The predicted octanol–water partition coefficient (Wildman–Crippen LogP) is 3.49. The Labute approximate surface area is 221 Å². The molecular formula is C28H40N2O6S. The molecule has 0 bridgehead atoms. The lowest BCUT2D eigenvalue weighted by molar-refractivity contribution is 0.0402. The number of likely N-dealkylation sites (N-methyl/N-ethyl adjacent to an activating group) is 1. The summed E-state index contributed by atoms with van der Waals surface area (Å²) in [5.74, 6) is 1.52. The summed E-state index contributed by atoms with van der Waals surface area (Å²) in [7, 11) is -0.169. The number of ether oxygens (including phenoxy) is 3. The van der Waals surface area contributed by atoms with Crippen LogP contribution < -0.4 is 9.47 Å². The van der Waals surface area contributed by atoms with E-state index in [4.69, 9.17) is 14.2 Å². The van der Waals surface area contributed by atoms with Crippen molar-refractivity contribution in [1.82, 2.24) is 9.21 Å². The largest absolute Gasteiger partial charge is 0.496 e. The van der Waals surface area contributed by atoms with Gasteiger partial charge in [0.2, 0.25) is 10.0 Å². The maximum atomic E-state index is 13.8. The van der Waals surface area contributed by atoms with Crippen molar-refractivity contribution in [3.8, 4) is 22.6 Å². The second kappa shape index (κ2) is 12.1. The van der Waals surface area contributed by atoms with Gasteiger partial charge in [-0.1, -0.05) is 31.2 Å². The average Bonchev–Trinajstić information content (AvgIpc) is 2.90. The molecule has 37 heavy (non-hydrogen) atoms. The van der Waals surface area contributed by atoms with Crippen LogP contribution in [-0.4, -0.2) is 88.5 Å². The number of benzene rings is 2. The Morgan fingerprint density at radius 1 is 1.16 bits per heavy atom. The first-order valence-electron chi connectivity index (χ1n) is 13.1. The Morgan fingerprint density at radius 2 is 1.89 bits per heavy atom. The topological polar surface area (TPSA) is 88.5 Å². The lowest BCUT2D eigenvalue weighted by atomic mass is 9.98. The van der Waals surface area contributed by atoms with Crippen molar-refractivity contribution in [2.24, 2.45) is 11.8 Å². The van der Waals surface area contributed by atoms with E-state index in [1.54, 1.807) is 32.2 Å². The third kappa shape index (κ3) is 6.29. The molecule has 204 valence electrons. The first-order chi connectivity index (χ1) is 17.7. The summed E-state index contributed by atoms with van der Waals surface area (Å²) in [6, 6.07) is 12.3. The predicted molar refractivity (Wildman–Crippen MR) is 143 cm³/mol. The lowest BCUT2D eigenvalue weighted by Crippen LogP contribution is -2.50. The van der Waals surface area contributed by atoms with E-state index in [0.717, 1.165) is 43.7 Å². The van der Waals surface area contributed by atoms with Crippen molar-refractivity contribution >= 4 is 10.0 Å². The number of aliphatic hydroxyl groups is 1. The highest BCUT2D eigenvalue weighted by Gasteiger charge is 2.38. The molecule has 9 heteroatoms. The summed E-state index contributed by atoms with van der Waals surface area (Å²) in [5.41, 5.74) is 1.67. The maximum absolute atomic E-state index is 13.8. The van der Waals surface area contributed by atoms with E-state index in [1.807, 2.05) is 31.2 Å². The van der Waals surface area contributed by atoms with Crippen molar-refractivity contribution in [1.29, 1.82) is 0 Å². The molecule has 0 saturated carbocycles. The number of nitrogens with zero attached hydrogens (tertiary/aromatic N) is 2. The molecule has 0 aliphatic carbocycles. The summed E-state index contributed by atoms with van der Waals surface area (Å²) < 4.78 is 46.6. The van der Waals surface area contributed by atoms with Crippen molar-refractivity contribution < 1.29 is 27.7 Å². The molecule has 4 rings (SSSR count). The minimum atomic E-state index is -3.89. The highest BCUT2D eigenvalue weighted by atomic mass is 32.2. The second-order valence-electron chi connectivity index (χ2n) is 10.4. The van der Waals surface area contributed by atoms with Crippen molar-refractivity contribution in [3.63, 3.8) is 0 Å². The van der Waals surface area contributed by atoms with Gasteiger partial charge in [0.15, 0.2) is 0 Å². The molecule has 2 aromatic carbocycles. The summed E-state index contributed by atoms with van der Waals surface area (Å²) in [4.78, 5) is 2.41. The molecule has 2 aliphatic heterocycles. The van der Waals surface area contributed by atoms with Gasteiger partial charge >= 0.3 is 0 Å². The van der Waals surface area contributed by atoms with Gasteiger partial charge in [0, 0.05) is 50.4 Å². The van der Waals surface area contributed by atoms with Crippen molar-refractivity contribution in [3.05, 3.63) is 42.5 Å². The van der Waals surface area contributed by atoms with Gasteiger partial charge in [0.05, 0.1) is 13.7 Å². The number of methoxy groups -OCH3 is 1. The van der Waals surface area contributed by atoms with Crippen LogP contribution in [0.4, 0.5) is 0 Å². The Balaban J connectivity index is 1.71. The summed E-state index contributed by atoms with van der Waals surface area (Å²) in [6.07, 6.45) is 1.87. The standard InChI is InChI=1S/C28H40N2O6S/c1-20-16-30(21(2)19-31)37(32,33)28-10-9-23(24-7-5-6-8-25(24)34-4)15-26(28)36-27(20)18-29(3)17-22-11-13-35-14-12-22/h5-10,15,20-22,27,31H,11-14,16-19H2,1-4H3/t20-,21-,27-/m0/s1. The zero-order valence-electron chi connectivity index (χ0n) is 22.3. The Hall–Kier alpha value is -2.17. The third-order valence-electron chi connectivity index (χ3n) is 7.49. The fourth-order valence-electron chi connectivity index (χ4n) is 5.25. The van der Waals surface area contributed by atoms with E-state index >= 15 is 0 Å². The van der Waals surface area contributed by atoms with Crippen LogP contribution in [-0.2, 0) is 14.8 Å². The molecule has 1 fully saturated rings. The Morgan fingerprint density at radius 3 is 2.59 bits per heavy atom. The molecule has 0 spiro atoms. The summed E-state index contributed by atoms with van der Waals surface area (Å²) in [5, 5.41) is 9.89. The minimum absolute atomic E-state index is 0.0935. The van der Waals surface area contributed by atoms with Crippen LogP contribution in [0.2, 0.25) is 0 Å². The SMILES string of the molecule is COc1ccccc1-c1ccc2c(c1)O[C@@H](CN(C)CC1CCOCC1)[C@@H](C)CN([C@@H](C)CO)S2(=O)=O. The second-order valence-corrected chi connectivity index (χ2v) is 12.2. The zero-order chi connectivity index (χ0) is 26.6. The lowest BCUT2D eigenvalue weighted by Gasteiger charge is -2.38. The molecule has 3 atom stereocenters. The molecular weight excluding hydrogens is 492 g/mol. The number of sulfonamides is 1. The smallest absolute Gasteiger partial charge is 0.247 e. The molecule has 8 nitrogen and oxygen atoms in total. The van der Waals surface area contributed by atoms with Gasteiger partial charge in [0.25, 0.3) is 0 Å². The molecule has 0 unspecified atom stereocenters. The molecule has 2 aromatic rings. The molecule has 0 amide bonds. The number of aliphatic hydroxyl groups excluding tert-OH is 1. The molecule has 0 radical (unpaired) electrons.